The Balaban J connectivity index is 1.31. The standard InChI is InChI=1S/C20H26FN5O2/c21-16-3-1-14(2-4-16)10-22-20(28)19-13-25-7-5-15(19)9-18(25)12-26-11-17(6-8-27)23-24-26/h1-4,11,15,18-19,27H,5-10,12-13H2,(H,22,28)/p+1/t15-,18+,19-/m0/s1. The Morgan fingerprint density at radius 1 is 1.36 bits per heavy atom. The first-order valence-electron chi connectivity index (χ1n) is 9.99. The number of piperidine rings is 3. The first-order valence-corrected chi connectivity index (χ1v) is 9.99. The lowest BCUT2D eigenvalue weighted by Gasteiger charge is -2.46. The summed E-state index contributed by atoms with van der Waals surface area (Å²) in [7, 11) is 0. The molecule has 3 aliphatic heterocycles. The second-order valence-corrected chi connectivity index (χ2v) is 7.95. The predicted molar refractivity (Wildman–Crippen MR) is 99.8 cm³/mol. The zero-order valence-electron chi connectivity index (χ0n) is 15.9. The van der Waals surface area contributed by atoms with Crippen LogP contribution in [-0.2, 0) is 24.3 Å². The number of nitrogens with one attached hydrogen (secondary N) is 2. The molecule has 0 radical (unpaired) electrons. The van der Waals surface area contributed by atoms with E-state index in [-0.39, 0.29) is 24.2 Å². The first-order chi connectivity index (χ1) is 13.6. The molecule has 2 aromatic rings. The van der Waals surface area contributed by atoms with Gasteiger partial charge in [0, 0.05) is 38.6 Å². The molecule has 1 aromatic carbocycles. The Hall–Kier alpha value is -2.32. The van der Waals surface area contributed by atoms with Crippen LogP contribution in [0.1, 0.15) is 24.1 Å². The van der Waals surface area contributed by atoms with Crippen molar-refractivity contribution in [3.8, 4) is 0 Å². The number of amides is 1. The van der Waals surface area contributed by atoms with Crippen LogP contribution >= 0.6 is 0 Å². The summed E-state index contributed by atoms with van der Waals surface area (Å²) in [6.45, 7) is 3.26. The Morgan fingerprint density at radius 3 is 2.89 bits per heavy atom. The van der Waals surface area contributed by atoms with Gasteiger partial charge in [0.25, 0.3) is 0 Å². The van der Waals surface area contributed by atoms with Crippen LogP contribution in [0, 0.1) is 17.7 Å². The lowest BCUT2D eigenvalue weighted by Crippen LogP contribution is -3.20. The van der Waals surface area contributed by atoms with Crippen molar-refractivity contribution in [2.24, 2.45) is 11.8 Å². The van der Waals surface area contributed by atoms with Gasteiger partial charge >= 0.3 is 0 Å². The monoisotopic (exact) mass is 388 g/mol. The quantitative estimate of drug-likeness (QED) is 0.601. The third-order valence-corrected chi connectivity index (χ3v) is 6.13. The maximum atomic E-state index is 13.0. The predicted octanol–water partition coefficient (Wildman–Crippen LogP) is -0.438. The minimum atomic E-state index is -0.266. The van der Waals surface area contributed by atoms with Gasteiger partial charge in [-0.1, -0.05) is 17.3 Å². The fraction of sp³-hybridized carbons (Fsp3) is 0.550. The van der Waals surface area contributed by atoms with Crippen molar-refractivity contribution >= 4 is 5.91 Å². The molecule has 3 fully saturated rings. The van der Waals surface area contributed by atoms with Crippen LogP contribution in [0.2, 0.25) is 0 Å². The number of aromatic nitrogens is 3. The Kier molecular flexibility index (Phi) is 5.68. The number of aliphatic hydroxyl groups is 1. The number of carbonyl (C=O) groups is 1. The van der Waals surface area contributed by atoms with Gasteiger partial charge in [-0.3, -0.25) is 4.79 Å². The molecule has 4 heterocycles. The highest BCUT2D eigenvalue weighted by Crippen LogP contribution is 2.27. The van der Waals surface area contributed by atoms with E-state index in [1.165, 1.54) is 17.0 Å². The molecule has 7 nitrogen and oxygen atoms in total. The second kappa shape index (κ2) is 8.36. The van der Waals surface area contributed by atoms with Crippen molar-refractivity contribution in [3.05, 3.63) is 47.5 Å². The van der Waals surface area contributed by atoms with Crippen molar-refractivity contribution in [2.75, 3.05) is 19.7 Å². The molecule has 0 spiro atoms. The van der Waals surface area contributed by atoms with E-state index in [9.17, 15) is 9.18 Å². The van der Waals surface area contributed by atoms with E-state index in [2.05, 4.69) is 15.6 Å². The molecule has 5 rings (SSSR count). The molecule has 1 aromatic heterocycles. The maximum Gasteiger partial charge on any atom is 0.229 e. The highest BCUT2D eigenvalue weighted by molar-refractivity contribution is 5.79. The molecule has 0 aliphatic carbocycles. The Bertz CT molecular complexity index is 809. The molecule has 150 valence electrons. The molecule has 3 N–H and O–H groups in total. The molecule has 3 saturated heterocycles. The van der Waals surface area contributed by atoms with E-state index in [4.69, 9.17) is 5.11 Å². The van der Waals surface area contributed by atoms with Gasteiger partial charge in [-0.2, -0.15) is 0 Å². The third-order valence-electron chi connectivity index (χ3n) is 6.13. The summed E-state index contributed by atoms with van der Waals surface area (Å²) in [6, 6.07) is 6.69. The van der Waals surface area contributed by atoms with E-state index in [0.717, 1.165) is 43.7 Å². The van der Waals surface area contributed by atoms with Gasteiger partial charge in [-0.15, -0.1) is 5.10 Å². The zero-order chi connectivity index (χ0) is 19.5. The molecular formula is C20H27FN5O2+. The Morgan fingerprint density at radius 2 is 2.18 bits per heavy atom. The second-order valence-electron chi connectivity index (χ2n) is 7.95. The lowest BCUT2D eigenvalue weighted by atomic mass is 9.75. The molecule has 1 unspecified atom stereocenters. The van der Waals surface area contributed by atoms with E-state index in [1.807, 2.05) is 10.9 Å². The largest absolute Gasteiger partial charge is 0.396 e. The average Bonchev–Trinajstić information content (AvgIpc) is 3.15. The number of hydrogen-bond acceptors (Lipinski definition) is 4. The van der Waals surface area contributed by atoms with Crippen LogP contribution in [-0.4, -0.2) is 51.7 Å². The number of carbonyl (C=O) groups excluding carboxylic acids is 1. The summed E-state index contributed by atoms with van der Waals surface area (Å²) >= 11 is 0. The van der Waals surface area contributed by atoms with E-state index < -0.39 is 0 Å². The van der Waals surface area contributed by atoms with E-state index in [1.54, 1.807) is 12.1 Å². The average molecular weight is 388 g/mol. The molecule has 2 bridgehead atoms. The van der Waals surface area contributed by atoms with Crippen molar-refractivity contribution < 1.29 is 19.2 Å². The number of benzene rings is 1. The summed E-state index contributed by atoms with van der Waals surface area (Å²) in [5.74, 6) is 0.284. The molecule has 8 heteroatoms. The number of hydrogen-bond donors (Lipinski definition) is 3. The Labute approximate surface area is 163 Å². The van der Waals surface area contributed by atoms with Gasteiger partial charge in [-0.25, -0.2) is 9.07 Å². The fourth-order valence-corrected chi connectivity index (χ4v) is 4.62. The molecule has 28 heavy (non-hydrogen) atoms. The number of halogens is 1. The normalized spacial score (nSPS) is 26.4. The van der Waals surface area contributed by atoms with Crippen molar-refractivity contribution in [1.82, 2.24) is 20.3 Å². The summed E-state index contributed by atoms with van der Waals surface area (Å²) < 4.78 is 14.9. The van der Waals surface area contributed by atoms with E-state index in [0.29, 0.717) is 24.9 Å². The molecule has 4 atom stereocenters. The lowest BCUT2D eigenvalue weighted by molar-refractivity contribution is -0.945. The van der Waals surface area contributed by atoms with Crippen LogP contribution in [0.5, 0.6) is 0 Å². The van der Waals surface area contributed by atoms with Gasteiger partial charge < -0.3 is 15.3 Å². The highest BCUT2D eigenvalue weighted by atomic mass is 19.1. The fourth-order valence-electron chi connectivity index (χ4n) is 4.62. The van der Waals surface area contributed by atoms with Crippen LogP contribution in [0.4, 0.5) is 4.39 Å². The van der Waals surface area contributed by atoms with Crippen molar-refractivity contribution in [2.45, 2.75) is 38.4 Å². The highest BCUT2D eigenvalue weighted by Gasteiger charge is 2.46. The van der Waals surface area contributed by atoms with Gasteiger partial charge in [0.15, 0.2) is 0 Å². The van der Waals surface area contributed by atoms with Crippen LogP contribution in [0.3, 0.4) is 0 Å². The SMILES string of the molecule is O=C(NCc1ccc(F)cc1)[C@H]1C[NH+]2CC[C@H]1C[C@@H]2Cn1cc(CCO)nn1. The maximum absolute atomic E-state index is 13.0. The van der Waals surface area contributed by atoms with Gasteiger partial charge in [-0.05, 0) is 23.6 Å². The number of aliphatic hydroxyl groups excluding tert-OH is 1. The summed E-state index contributed by atoms with van der Waals surface area (Å²) in [5.41, 5.74) is 1.72. The minimum absolute atomic E-state index is 0.0427. The number of nitrogens with zero attached hydrogens (tertiary/aromatic N) is 3. The van der Waals surface area contributed by atoms with Crippen LogP contribution in [0.25, 0.3) is 0 Å². The molecule has 0 saturated carbocycles. The summed E-state index contributed by atoms with van der Waals surface area (Å²) in [6.07, 6.45) is 4.53. The summed E-state index contributed by atoms with van der Waals surface area (Å²) in [5, 5.41) is 20.3. The van der Waals surface area contributed by atoms with Crippen LogP contribution in [0.15, 0.2) is 30.5 Å². The van der Waals surface area contributed by atoms with Gasteiger partial charge in [0.05, 0.1) is 31.2 Å². The topological polar surface area (TPSA) is 84.5 Å². The van der Waals surface area contributed by atoms with Gasteiger partial charge in [0.1, 0.15) is 11.9 Å². The van der Waals surface area contributed by atoms with Crippen molar-refractivity contribution in [1.29, 1.82) is 0 Å². The summed E-state index contributed by atoms with van der Waals surface area (Å²) in [4.78, 5) is 14.2. The third kappa shape index (κ3) is 4.23. The molecule has 1 amide bonds. The first kappa shape index (κ1) is 19.0. The molecular weight excluding hydrogens is 361 g/mol. The smallest absolute Gasteiger partial charge is 0.229 e. The minimum Gasteiger partial charge on any atom is -0.396 e. The van der Waals surface area contributed by atoms with E-state index >= 15 is 0 Å². The number of fused-ring (bicyclic) bond motifs is 3. The number of quaternary nitrogens is 1. The van der Waals surface area contributed by atoms with Gasteiger partial charge in [0.2, 0.25) is 5.91 Å². The van der Waals surface area contributed by atoms with Crippen LogP contribution < -0.4 is 10.2 Å². The van der Waals surface area contributed by atoms with Crippen molar-refractivity contribution in [3.63, 3.8) is 0 Å². The zero-order valence-corrected chi connectivity index (χ0v) is 15.9. The molecule has 3 aliphatic rings. The number of rotatable bonds is 7.